The summed E-state index contributed by atoms with van der Waals surface area (Å²) in [4.78, 5) is 28.9. The Labute approximate surface area is 155 Å². The molecule has 0 unspecified atom stereocenters. The number of ether oxygens (including phenoxy) is 1. The molecule has 1 fully saturated rings. The number of para-hydroxylation sites is 1. The van der Waals surface area contributed by atoms with Crippen LogP contribution in [-0.2, 0) is 11.3 Å². The fourth-order valence-corrected chi connectivity index (χ4v) is 2.88. The van der Waals surface area contributed by atoms with Crippen LogP contribution in [-0.4, -0.2) is 40.1 Å². The van der Waals surface area contributed by atoms with E-state index < -0.39 is 11.8 Å². The molecule has 2 aromatic rings. The van der Waals surface area contributed by atoms with E-state index in [2.05, 4.69) is 10.3 Å². The molecule has 1 aromatic carbocycles. The fraction of sp³-hybridized carbons (Fsp3) is 0.316. The van der Waals surface area contributed by atoms with Gasteiger partial charge in [-0.1, -0.05) is 12.1 Å². The summed E-state index contributed by atoms with van der Waals surface area (Å²) in [5.74, 6) is -1.37. The van der Waals surface area contributed by atoms with Gasteiger partial charge in [0, 0.05) is 31.9 Å². The van der Waals surface area contributed by atoms with Gasteiger partial charge in [0.1, 0.15) is 0 Å². The predicted molar refractivity (Wildman–Crippen MR) is 94.9 cm³/mol. The lowest BCUT2D eigenvalue weighted by atomic mass is 9.97. The summed E-state index contributed by atoms with van der Waals surface area (Å²) in [6.07, 6.45) is 2.44. The highest BCUT2D eigenvalue weighted by atomic mass is 19.1. The number of nitrogens with zero attached hydrogens (tertiary/aromatic N) is 2. The van der Waals surface area contributed by atoms with Crippen molar-refractivity contribution in [2.24, 2.45) is 5.92 Å². The molecule has 27 heavy (non-hydrogen) atoms. The topological polar surface area (TPSA) is 91.8 Å². The maximum atomic E-state index is 13.7. The first kappa shape index (κ1) is 18.6. The van der Waals surface area contributed by atoms with Crippen molar-refractivity contribution in [3.05, 3.63) is 54.0 Å². The van der Waals surface area contributed by atoms with Gasteiger partial charge in [0.25, 0.3) is 0 Å². The van der Waals surface area contributed by atoms with Gasteiger partial charge in [0.15, 0.2) is 11.6 Å². The van der Waals surface area contributed by atoms with E-state index >= 15 is 0 Å². The van der Waals surface area contributed by atoms with E-state index in [1.165, 1.54) is 18.3 Å². The third-order valence-electron chi connectivity index (χ3n) is 4.43. The molecule has 7 nitrogen and oxygen atoms in total. The summed E-state index contributed by atoms with van der Waals surface area (Å²) in [6.45, 7) is 1.09. The molecule has 2 N–H and O–H groups in total. The number of aliphatic carboxylic acids is 1. The van der Waals surface area contributed by atoms with Crippen molar-refractivity contribution in [2.75, 3.05) is 13.1 Å². The summed E-state index contributed by atoms with van der Waals surface area (Å²) in [5, 5.41) is 11.8. The van der Waals surface area contributed by atoms with Gasteiger partial charge in [-0.25, -0.2) is 14.2 Å². The number of hydrogen-bond donors (Lipinski definition) is 2. The van der Waals surface area contributed by atoms with E-state index in [9.17, 15) is 14.0 Å². The van der Waals surface area contributed by atoms with E-state index in [1.807, 2.05) is 0 Å². The molecule has 2 amide bonds. The average Bonchev–Trinajstić information content (AvgIpc) is 2.68. The molecule has 0 bridgehead atoms. The van der Waals surface area contributed by atoms with Crippen LogP contribution in [0.2, 0.25) is 0 Å². The molecular weight excluding hydrogens is 353 g/mol. The minimum absolute atomic E-state index is 0.0764. The second kappa shape index (κ2) is 8.48. The number of benzene rings is 1. The number of amides is 2. The minimum Gasteiger partial charge on any atom is -0.481 e. The number of carbonyl (C=O) groups is 2. The van der Waals surface area contributed by atoms with Gasteiger partial charge < -0.3 is 20.1 Å². The SMILES string of the molecule is O=C(O)C1CCN(C(=O)NCc2ccnc(Oc3ccccc3F)c2)CC1. The van der Waals surface area contributed by atoms with Crippen LogP contribution in [0.5, 0.6) is 11.6 Å². The molecule has 3 rings (SSSR count). The summed E-state index contributed by atoms with van der Waals surface area (Å²) < 4.78 is 19.1. The van der Waals surface area contributed by atoms with Crippen LogP contribution in [0, 0.1) is 11.7 Å². The lowest BCUT2D eigenvalue weighted by Gasteiger charge is -2.30. The zero-order valence-corrected chi connectivity index (χ0v) is 14.6. The number of carboxylic acids is 1. The third-order valence-corrected chi connectivity index (χ3v) is 4.43. The highest BCUT2D eigenvalue weighted by Gasteiger charge is 2.26. The third kappa shape index (κ3) is 4.93. The van der Waals surface area contributed by atoms with Crippen molar-refractivity contribution >= 4 is 12.0 Å². The number of rotatable bonds is 5. The Hall–Kier alpha value is -3.16. The molecule has 0 spiro atoms. The van der Waals surface area contributed by atoms with Gasteiger partial charge >= 0.3 is 12.0 Å². The van der Waals surface area contributed by atoms with E-state index in [0.717, 1.165) is 5.56 Å². The number of aromatic nitrogens is 1. The van der Waals surface area contributed by atoms with E-state index in [4.69, 9.17) is 9.84 Å². The number of halogens is 1. The van der Waals surface area contributed by atoms with Gasteiger partial charge in [0.2, 0.25) is 5.88 Å². The Balaban J connectivity index is 1.53. The van der Waals surface area contributed by atoms with Crippen LogP contribution in [0.3, 0.4) is 0 Å². The Bertz CT molecular complexity index is 822. The smallest absolute Gasteiger partial charge is 0.317 e. The molecule has 2 heterocycles. The number of urea groups is 1. The number of pyridine rings is 1. The number of nitrogens with one attached hydrogen (secondary N) is 1. The number of likely N-dealkylation sites (tertiary alicyclic amines) is 1. The monoisotopic (exact) mass is 373 g/mol. The highest BCUT2D eigenvalue weighted by molar-refractivity contribution is 5.75. The summed E-state index contributed by atoms with van der Waals surface area (Å²) >= 11 is 0. The van der Waals surface area contributed by atoms with Crippen LogP contribution in [0.1, 0.15) is 18.4 Å². The van der Waals surface area contributed by atoms with Crippen LogP contribution in [0.15, 0.2) is 42.6 Å². The Morgan fingerprint density at radius 2 is 2.00 bits per heavy atom. The van der Waals surface area contributed by atoms with E-state index in [0.29, 0.717) is 25.9 Å². The van der Waals surface area contributed by atoms with Crippen molar-refractivity contribution in [1.29, 1.82) is 0 Å². The molecule has 1 aromatic heterocycles. The van der Waals surface area contributed by atoms with E-state index in [-0.39, 0.29) is 30.1 Å². The predicted octanol–water partition coefficient (Wildman–Crippen LogP) is 3.02. The molecular formula is C19H20FN3O4. The largest absolute Gasteiger partial charge is 0.481 e. The second-order valence-electron chi connectivity index (χ2n) is 6.29. The van der Waals surface area contributed by atoms with Crippen LogP contribution < -0.4 is 10.1 Å². The molecule has 0 saturated carbocycles. The first-order valence-electron chi connectivity index (χ1n) is 8.66. The van der Waals surface area contributed by atoms with Crippen molar-refractivity contribution in [3.63, 3.8) is 0 Å². The lowest BCUT2D eigenvalue weighted by molar-refractivity contribution is -0.143. The van der Waals surface area contributed by atoms with Gasteiger partial charge in [-0.15, -0.1) is 0 Å². The molecule has 142 valence electrons. The fourth-order valence-electron chi connectivity index (χ4n) is 2.88. The first-order valence-corrected chi connectivity index (χ1v) is 8.66. The summed E-state index contributed by atoms with van der Waals surface area (Å²) in [6, 6.07) is 9.15. The maximum absolute atomic E-state index is 13.7. The quantitative estimate of drug-likeness (QED) is 0.841. The molecule has 1 aliphatic heterocycles. The molecule has 1 saturated heterocycles. The lowest BCUT2D eigenvalue weighted by Crippen LogP contribution is -2.45. The number of carbonyl (C=O) groups excluding carboxylic acids is 1. The molecule has 0 radical (unpaired) electrons. The Morgan fingerprint density at radius 1 is 1.26 bits per heavy atom. The van der Waals surface area contributed by atoms with Gasteiger partial charge in [-0.2, -0.15) is 0 Å². The van der Waals surface area contributed by atoms with Gasteiger partial charge in [-0.05, 0) is 36.6 Å². The Kier molecular flexibility index (Phi) is 5.85. The summed E-state index contributed by atoms with van der Waals surface area (Å²) in [5.41, 5.74) is 0.755. The number of piperidine rings is 1. The van der Waals surface area contributed by atoms with Crippen molar-refractivity contribution < 1.29 is 23.8 Å². The van der Waals surface area contributed by atoms with Crippen molar-refractivity contribution in [1.82, 2.24) is 15.2 Å². The highest BCUT2D eigenvalue weighted by Crippen LogP contribution is 2.23. The maximum Gasteiger partial charge on any atom is 0.317 e. The normalized spacial score (nSPS) is 14.6. The number of hydrogen-bond acceptors (Lipinski definition) is 4. The zero-order chi connectivity index (χ0) is 19.2. The standard InChI is InChI=1S/C19H20FN3O4/c20-15-3-1-2-4-16(15)27-17-11-13(5-8-21-17)12-22-19(26)23-9-6-14(7-10-23)18(24)25/h1-5,8,11,14H,6-7,9-10,12H2,(H,22,26)(H,24,25). The Morgan fingerprint density at radius 3 is 2.70 bits per heavy atom. The molecule has 1 aliphatic rings. The number of carboxylic acid groups (broad SMARTS) is 1. The van der Waals surface area contributed by atoms with Crippen molar-refractivity contribution in [2.45, 2.75) is 19.4 Å². The van der Waals surface area contributed by atoms with E-state index in [1.54, 1.807) is 29.2 Å². The van der Waals surface area contributed by atoms with Crippen LogP contribution in [0.4, 0.5) is 9.18 Å². The van der Waals surface area contributed by atoms with Gasteiger partial charge in [-0.3, -0.25) is 4.79 Å². The van der Waals surface area contributed by atoms with Gasteiger partial charge in [0.05, 0.1) is 5.92 Å². The first-order chi connectivity index (χ1) is 13.0. The minimum atomic E-state index is -0.811. The molecule has 8 heteroatoms. The summed E-state index contributed by atoms with van der Waals surface area (Å²) in [7, 11) is 0. The van der Waals surface area contributed by atoms with Crippen LogP contribution in [0.25, 0.3) is 0 Å². The second-order valence-corrected chi connectivity index (χ2v) is 6.29. The zero-order valence-electron chi connectivity index (χ0n) is 14.6. The van der Waals surface area contributed by atoms with Crippen LogP contribution >= 0.6 is 0 Å². The average molecular weight is 373 g/mol. The van der Waals surface area contributed by atoms with Crippen molar-refractivity contribution in [3.8, 4) is 11.6 Å². The molecule has 0 aliphatic carbocycles. The molecule has 0 atom stereocenters.